The molecule has 0 saturated heterocycles. The lowest BCUT2D eigenvalue weighted by molar-refractivity contribution is -0.384. The van der Waals surface area contributed by atoms with E-state index in [1.165, 1.54) is 42.5 Å². The Balaban J connectivity index is 1.81. The molecule has 1 aliphatic rings. The zero-order chi connectivity index (χ0) is 21.8. The number of hydrogen-bond acceptors (Lipinski definition) is 7. The number of nitro benzene ring substituents is 1. The summed E-state index contributed by atoms with van der Waals surface area (Å²) >= 11 is 1.27. The van der Waals surface area contributed by atoms with Crippen molar-refractivity contribution < 1.29 is 24.0 Å². The van der Waals surface area contributed by atoms with Gasteiger partial charge in [-0.25, -0.2) is 4.79 Å². The number of carbonyl (C=O) groups is 3. The number of nitro groups is 1. The number of non-ortho nitro benzene ring substituents is 1. The van der Waals surface area contributed by atoms with Crippen LogP contribution < -0.4 is 5.32 Å². The molecule has 2 aromatic rings. The van der Waals surface area contributed by atoms with Crippen LogP contribution in [0.1, 0.15) is 40.2 Å². The maximum atomic E-state index is 12.6. The Morgan fingerprint density at radius 2 is 1.97 bits per heavy atom. The highest BCUT2D eigenvalue weighted by Crippen LogP contribution is 2.37. The van der Waals surface area contributed by atoms with Crippen LogP contribution in [-0.2, 0) is 33.7 Å². The van der Waals surface area contributed by atoms with Crippen molar-refractivity contribution >= 4 is 39.8 Å². The Morgan fingerprint density at radius 3 is 2.57 bits per heavy atom. The van der Waals surface area contributed by atoms with Crippen LogP contribution in [0.25, 0.3) is 0 Å². The van der Waals surface area contributed by atoms with E-state index in [9.17, 15) is 24.5 Å². The van der Waals surface area contributed by atoms with Gasteiger partial charge >= 0.3 is 5.97 Å². The molecule has 0 aliphatic carbocycles. The van der Waals surface area contributed by atoms with Crippen molar-refractivity contribution in [3.05, 3.63) is 55.9 Å². The number of anilines is 1. The Labute approximate surface area is 176 Å². The summed E-state index contributed by atoms with van der Waals surface area (Å²) in [5, 5.41) is 13.9. The number of fused-ring (bicyclic) bond motifs is 1. The standard InChI is InChI=1S/C20H21N3O6S/c1-3-29-20(26)18-15-8-9-22(12(2)24)11-16(15)30-19(18)21-17(25)10-13-4-6-14(7-5-13)23(27)28/h4-7H,3,8-11H2,1-2H3,(H,21,25). The number of rotatable bonds is 6. The largest absolute Gasteiger partial charge is 0.462 e. The SMILES string of the molecule is CCOC(=O)c1c(NC(=O)Cc2ccc([N+](=O)[O-])cc2)sc2c1CCN(C(C)=O)C2. The van der Waals surface area contributed by atoms with E-state index in [-0.39, 0.29) is 30.5 Å². The molecular formula is C20H21N3O6S. The van der Waals surface area contributed by atoms with Crippen LogP contribution in [0.2, 0.25) is 0 Å². The van der Waals surface area contributed by atoms with Crippen LogP contribution in [0.15, 0.2) is 24.3 Å². The number of benzene rings is 1. The molecule has 2 amide bonds. The van der Waals surface area contributed by atoms with Crippen molar-refractivity contribution in [3.63, 3.8) is 0 Å². The maximum Gasteiger partial charge on any atom is 0.341 e. The van der Waals surface area contributed by atoms with Crippen molar-refractivity contribution in [1.29, 1.82) is 0 Å². The van der Waals surface area contributed by atoms with E-state index in [1.807, 2.05) is 0 Å². The second kappa shape index (κ2) is 9.04. The predicted octanol–water partition coefficient (Wildman–Crippen LogP) is 2.92. The summed E-state index contributed by atoms with van der Waals surface area (Å²) in [6.45, 7) is 4.31. The molecule has 9 nitrogen and oxygen atoms in total. The molecule has 10 heteroatoms. The zero-order valence-electron chi connectivity index (χ0n) is 16.6. The molecule has 0 atom stereocenters. The minimum atomic E-state index is -0.504. The molecule has 0 unspecified atom stereocenters. The minimum Gasteiger partial charge on any atom is -0.462 e. The summed E-state index contributed by atoms with van der Waals surface area (Å²) in [5.41, 5.74) is 1.71. The number of ether oxygens (including phenoxy) is 1. The van der Waals surface area contributed by atoms with Crippen LogP contribution in [0, 0.1) is 10.1 Å². The molecule has 0 saturated carbocycles. The van der Waals surface area contributed by atoms with Crippen LogP contribution in [0.4, 0.5) is 10.7 Å². The van der Waals surface area contributed by atoms with Gasteiger partial charge in [0.15, 0.2) is 0 Å². The second-order valence-corrected chi connectivity index (χ2v) is 7.87. The van der Waals surface area contributed by atoms with E-state index in [0.29, 0.717) is 35.6 Å². The fraction of sp³-hybridized carbons (Fsp3) is 0.350. The van der Waals surface area contributed by atoms with Gasteiger partial charge in [0.1, 0.15) is 5.00 Å². The van der Waals surface area contributed by atoms with Crippen molar-refractivity contribution in [1.82, 2.24) is 4.90 Å². The fourth-order valence-corrected chi connectivity index (χ4v) is 4.54. The van der Waals surface area contributed by atoms with Gasteiger partial charge in [0.2, 0.25) is 11.8 Å². The van der Waals surface area contributed by atoms with E-state index in [0.717, 1.165) is 10.4 Å². The first-order chi connectivity index (χ1) is 14.3. The highest BCUT2D eigenvalue weighted by molar-refractivity contribution is 7.17. The Bertz CT molecular complexity index is 999. The van der Waals surface area contributed by atoms with Crippen molar-refractivity contribution in [2.24, 2.45) is 0 Å². The smallest absolute Gasteiger partial charge is 0.341 e. The normalized spacial score (nSPS) is 12.8. The summed E-state index contributed by atoms with van der Waals surface area (Å²) in [4.78, 5) is 49.6. The van der Waals surface area contributed by atoms with Crippen molar-refractivity contribution in [3.8, 4) is 0 Å². The zero-order valence-corrected chi connectivity index (χ0v) is 17.4. The lowest BCUT2D eigenvalue weighted by atomic mass is 10.0. The molecule has 158 valence electrons. The number of nitrogens with one attached hydrogen (secondary N) is 1. The first-order valence-electron chi connectivity index (χ1n) is 9.40. The number of esters is 1. The van der Waals surface area contributed by atoms with Gasteiger partial charge in [0, 0.05) is 30.5 Å². The second-order valence-electron chi connectivity index (χ2n) is 6.77. The van der Waals surface area contributed by atoms with E-state index in [2.05, 4.69) is 5.32 Å². The van der Waals surface area contributed by atoms with Crippen LogP contribution in [-0.4, -0.2) is 40.8 Å². The fourth-order valence-electron chi connectivity index (χ4n) is 3.27. The summed E-state index contributed by atoms with van der Waals surface area (Å²) in [6, 6.07) is 5.72. The average Bonchev–Trinajstić information content (AvgIpc) is 3.05. The Morgan fingerprint density at radius 1 is 1.27 bits per heavy atom. The van der Waals surface area contributed by atoms with E-state index in [1.54, 1.807) is 11.8 Å². The summed E-state index contributed by atoms with van der Waals surface area (Å²) in [5.74, 6) is -0.899. The van der Waals surface area contributed by atoms with Gasteiger partial charge in [-0.15, -0.1) is 11.3 Å². The molecule has 0 radical (unpaired) electrons. The van der Waals surface area contributed by atoms with E-state index < -0.39 is 10.9 Å². The molecule has 1 N–H and O–H groups in total. The third-order valence-electron chi connectivity index (χ3n) is 4.75. The predicted molar refractivity (Wildman–Crippen MR) is 111 cm³/mol. The Hall–Kier alpha value is -3.27. The number of carbonyl (C=O) groups excluding carboxylic acids is 3. The third-order valence-corrected chi connectivity index (χ3v) is 5.88. The lowest BCUT2D eigenvalue weighted by Gasteiger charge is -2.25. The van der Waals surface area contributed by atoms with Crippen LogP contribution in [0.3, 0.4) is 0 Å². The molecule has 0 bridgehead atoms. The van der Waals surface area contributed by atoms with Gasteiger partial charge in [-0.3, -0.25) is 19.7 Å². The maximum absolute atomic E-state index is 12.6. The molecule has 1 aliphatic heterocycles. The van der Waals surface area contributed by atoms with Gasteiger partial charge in [0.05, 0.1) is 30.1 Å². The van der Waals surface area contributed by atoms with Gasteiger partial charge in [-0.1, -0.05) is 12.1 Å². The van der Waals surface area contributed by atoms with Crippen LogP contribution in [0.5, 0.6) is 0 Å². The molecule has 1 aromatic carbocycles. The molecule has 30 heavy (non-hydrogen) atoms. The quantitative estimate of drug-likeness (QED) is 0.427. The summed E-state index contributed by atoms with van der Waals surface area (Å²) in [6.07, 6.45) is 0.514. The topological polar surface area (TPSA) is 119 Å². The molecule has 0 fully saturated rings. The van der Waals surface area contributed by atoms with E-state index >= 15 is 0 Å². The van der Waals surface area contributed by atoms with Crippen LogP contribution >= 0.6 is 11.3 Å². The highest BCUT2D eigenvalue weighted by atomic mass is 32.1. The summed E-state index contributed by atoms with van der Waals surface area (Å²) in [7, 11) is 0. The van der Waals surface area contributed by atoms with Gasteiger partial charge in [-0.05, 0) is 24.5 Å². The minimum absolute atomic E-state index is 0.00238. The number of nitrogens with zero attached hydrogens (tertiary/aromatic N) is 2. The molecular weight excluding hydrogens is 410 g/mol. The third kappa shape index (κ3) is 4.65. The first-order valence-corrected chi connectivity index (χ1v) is 10.2. The number of hydrogen-bond donors (Lipinski definition) is 1. The summed E-state index contributed by atoms with van der Waals surface area (Å²) < 4.78 is 5.17. The van der Waals surface area contributed by atoms with Crippen molar-refractivity contribution in [2.45, 2.75) is 33.2 Å². The van der Waals surface area contributed by atoms with Gasteiger partial charge in [0.25, 0.3) is 5.69 Å². The Kier molecular flexibility index (Phi) is 6.46. The molecule has 3 rings (SSSR count). The van der Waals surface area contributed by atoms with Gasteiger partial charge in [-0.2, -0.15) is 0 Å². The average molecular weight is 431 g/mol. The van der Waals surface area contributed by atoms with Crippen molar-refractivity contribution in [2.75, 3.05) is 18.5 Å². The van der Waals surface area contributed by atoms with E-state index in [4.69, 9.17) is 4.74 Å². The van der Waals surface area contributed by atoms with Gasteiger partial charge < -0.3 is 15.0 Å². The highest BCUT2D eigenvalue weighted by Gasteiger charge is 2.30. The number of thiophene rings is 1. The molecule has 2 heterocycles. The molecule has 1 aromatic heterocycles. The number of amides is 2. The first kappa shape index (κ1) is 21.4. The lowest BCUT2D eigenvalue weighted by Crippen LogP contribution is -2.34. The molecule has 0 spiro atoms. The monoisotopic (exact) mass is 431 g/mol.